The van der Waals surface area contributed by atoms with Crippen molar-refractivity contribution < 1.29 is 9.52 Å². The largest absolute Gasteiger partial charge is 0.464 e. The number of furan rings is 1. The van der Waals surface area contributed by atoms with E-state index in [1.54, 1.807) is 6.26 Å². The van der Waals surface area contributed by atoms with Gasteiger partial charge < -0.3 is 19.7 Å². The zero-order chi connectivity index (χ0) is 26.9. The molecule has 0 unspecified atom stereocenters. The number of hydrogen-bond acceptors (Lipinski definition) is 7. The smallest absolute Gasteiger partial charge is 0.134 e. The van der Waals surface area contributed by atoms with Crippen LogP contribution in [0.25, 0.3) is 33.4 Å². The lowest BCUT2D eigenvalue weighted by molar-refractivity contribution is 0.145. The van der Waals surface area contributed by atoms with Crippen LogP contribution in [0.3, 0.4) is 0 Å². The summed E-state index contributed by atoms with van der Waals surface area (Å²) in [6.07, 6.45) is 5.13. The van der Waals surface area contributed by atoms with Crippen molar-refractivity contribution in [3.63, 3.8) is 0 Å². The molecule has 7 heteroatoms. The summed E-state index contributed by atoms with van der Waals surface area (Å²) < 4.78 is 5.61. The average molecular weight is 520 g/mol. The van der Waals surface area contributed by atoms with E-state index in [1.807, 2.05) is 31.3 Å². The molecule has 5 aromatic rings. The first kappa shape index (κ1) is 25.1. The van der Waals surface area contributed by atoms with Gasteiger partial charge in [-0.05, 0) is 86.7 Å². The molecule has 4 heterocycles. The molecule has 198 valence electrons. The number of aryl methyl sites for hydroxylation is 2. The molecule has 1 saturated heterocycles. The number of anilines is 2. The number of hydrogen-bond donors (Lipinski definition) is 2. The fourth-order valence-electron chi connectivity index (χ4n) is 5.24. The standard InChI is InChI=1S/C32H33N5O2/c1-20-19-39-30-9-7-25(16-28(20)30)29-17-31(36-22(3)35-29)34-21(2)23-5-4-6-24(15-23)26-8-10-32(33-18-26)37-13-11-27(38)12-14-37/h4-10,15-19,21,27,38H,11-14H2,1-3H3,(H,34,35,36)/t21-/m0/s1. The van der Waals surface area contributed by atoms with Crippen LogP contribution in [0, 0.1) is 13.8 Å². The van der Waals surface area contributed by atoms with Crippen molar-refractivity contribution in [3.8, 4) is 22.4 Å². The van der Waals surface area contributed by atoms with Crippen LogP contribution in [0.5, 0.6) is 0 Å². The number of pyridine rings is 1. The third-order valence-electron chi connectivity index (χ3n) is 7.52. The zero-order valence-electron chi connectivity index (χ0n) is 22.6. The molecule has 1 aliphatic heterocycles. The van der Waals surface area contributed by atoms with E-state index >= 15 is 0 Å². The third-order valence-corrected chi connectivity index (χ3v) is 7.52. The van der Waals surface area contributed by atoms with Gasteiger partial charge in [0.05, 0.1) is 18.1 Å². The van der Waals surface area contributed by atoms with Crippen LogP contribution in [0.15, 0.2) is 77.5 Å². The Labute approximate surface area is 228 Å². The highest BCUT2D eigenvalue weighted by Crippen LogP contribution is 2.30. The van der Waals surface area contributed by atoms with E-state index in [2.05, 4.69) is 71.5 Å². The first-order valence-electron chi connectivity index (χ1n) is 13.5. The molecule has 0 saturated carbocycles. The highest BCUT2D eigenvalue weighted by molar-refractivity contribution is 5.85. The Bertz CT molecular complexity index is 1600. The Kier molecular flexibility index (Phi) is 6.75. The lowest BCUT2D eigenvalue weighted by Crippen LogP contribution is -2.36. The monoisotopic (exact) mass is 519 g/mol. The van der Waals surface area contributed by atoms with Crippen molar-refractivity contribution in [2.24, 2.45) is 0 Å². The number of benzene rings is 2. The predicted octanol–water partition coefficient (Wildman–Crippen LogP) is 6.70. The quantitative estimate of drug-likeness (QED) is 0.258. The minimum absolute atomic E-state index is 0.0395. The maximum absolute atomic E-state index is 9.78. The molecule has 1 fully saturated rings. The van der Waals surface area contributed by atoms with Crippen LogP contribution in [0.1, 0.15) is 42.8 Å². The van der Waals surface area contributed by atoms with E-state index in [-0.39, 0.29) is 12.1 Å². The molecule has 3 aromatic heterocycles. The number of nitrogens with one attached hydrogen (secondary N) is 1. The molecule has 0 radical (unpaired) electrons. The molecule has 39 heavy (non-hydrogen) atoms. The molecule has 6 rings (SSSR count). The summed E-state index contributed by atoms with van der Waals surface area (Å²) in [4.78, 5) is 16.3. The van der Waals surface area contributed by atoms with Crippen molar-refractivity contribution >= 4 is 22.6 Å². The summed E-state index contributed by atoms with van der Waals surface area (Å²) in [6.45, 7) is 7.80. The summed E-state index contributed by atoms with van der Waals surface area (Å²) in [7, 11) is 0. The average Bonchev–Trinajstić information content (AvgIpc) is 3.33. The minimum Gasteiger partial charge on any atom is -0.464 e. The summed E-state index contributed by atoms with van der Waals surface area (Å²) >= 11 is 0. The van der Waals surface area contributed by atoms with Crippen LogP contribution >= 0.6 is 0 Å². The van der Waals surface area contributed by atoms with E-state index in [1.165, 1.54) is 0 Å². The highest BCUT2D eigenvalue weighted by atomic mass is 16.3. The summed E-state index contributed by atoms with van der Waals surface area (Å²) in [5, 5.41) is 14.5. The van der Waals surface area contributed by atoms with Crippen LogP contribution < -0.4 is 10.2 Å². The first-order valence-corrected chi connectivity index (χ1v) is 13.5. The van der Waals surface area contributed by atoms with Gasteiger partial charge in [-0.2, -0.15) is 0 Å². The van der Waals surface area contributed by atoms with Gasteiger partial charge in [-0.25, -0.2) is 15.0 Å². The minimum atomic E-state index is -0.188. The van der Waals surface area contributed by atoms with E-state index < -0.39 is 0 Å². The fraction of sp³-hybridized carbons (Fsp3) is 0.281. The second kappa shape index (κ2) is 10.5. The predicted molar refractivity (Wildman–Crippen MR) is 156 cm³/mol. The van der Waals surface area contributed by atoms with Crippen LogP contribution in [0.2, 0.25) is 0 Å². The summed E-state index contributed by atoms with van der Waals surface area (Å²) in [5.41, 5.74) is 7.27. The summed E-state index contributed by atoms with van der Waals surface area (Å²) in [6, 6.07) is 20.9. The molecular weight excluding hydrogens is 486 g/mol. The number of aliphatic hydroxyl groups is 1. The van der Waals surface area contributed by atoms with E-state index in [0.29, 0.717) is 5.82 Å². The first-order chi connectivity index (χ1) is 18.9. The maximum atomic E-state index is 9.78. The Balaban J connectivity index is 1.20. The number of piperidine rings is 1. The van der Waals surface area contributed by atoms with Crippen molar-refractivity contribution in [2.75, 3.05) is 23.3 Å². The Morgan fingerprint density at radius 3 is 2.56 bits per heavy atom. The molecule has 0 spiro atoms. The number of fused-ring (bicyclic) bond motifs is 1. The van der Waals surface area contributed by atoms with Crippen molar-refractivity contribution in [3.05, 3.63) is 90.1 Å². The Hall–Kier alpha value is -4.23. The second-order valence-electron chi connectivity index (χ2n) is 10.4. The molecule has 0 bridgehead atoms. The SMILES string of the molecule is Cc1nc(N[C@@H](C)c2cccc(-c3ccc(N4CCC(O)CC4)nc3)c2)cc(-c2ccc3occ(C)c3c2)n1. The Morgan fingerprint density at radius 1 is 0.949 bits per heavy atom. The Morgan fingerprint density at radius 2 is 1.77 bits per heavy atom. The van der Waals surface area contributed by atoms with Gasteiger partial charge in [0, 0.05) is 47.9 Å². The van der Waals surface area contributed by atoms with Gasteiger partial charge >= 0.3 is 0 Å². The molecule has 0 amide bonds. The van der Waals surface area contributed by atoms with Crippen LogP contribution in [-0.4, -0.2) is 39.3 Å². The molecule has 2 N–H and O–H groups in total. The number of rotatable bonds is 6. The molecular formula is C32H33N5O2. The van der Waals surface area contributed by atoms with Gasteiger partial charge in [0.1, 0.15) is 23.0 Å². The zero-order valence-corrected chi connectivity index (χ0v) is 22.6. The molecule has 7 nitrogen and oxygen atoms in total. The van der Waals surface area contributed by atoms with Crippen molar-refractivity contribution in [1.82, 2.24) is 15.0 Å². The lowest BCUT2D eigenvalue weighted by atomic mass is 10.0. The maximum Gasteiger partial charge on any atom is 0.134 e. The van der Waals surface area contributed by atoms with Crippen molar-refractivity contribution in [2.45, 2.75) is 45.8 Å². The highest BCUT2D eigenvalue weighted by Gasteiger charge is 2.18. The van der Waals surface area contributed by atoms with Gasteiger partial charge in [-0.1, -0.05) is 18.2 Å². The third kappa shape index (κ3) is 5.36. The van der Waals surface area contributed by atoms with Gasteiger partial charge in [0.2, 0.25) is 0 Å². The second-order valence-corrected chi connectivity index (χ2v) is 10.4. The van der Waals surface area contributed by atoms with E-state index in [0.717, 1.165) is 82.0 Å². The van der Waals surface area contributed by atoms with Crippen molar-refractivity contribution in [1.29, 1.82) is 0 Å². The molecule has 0 aliphatic carbocycles. The topological polar surface area (TPSA) is 87.3 Å². The van der Waals surface area contributed by atoms with Gasteiger partial charge in [-0.15, -0.1) is 0 Å². The normalized spacial score (nSPS) is 15.0. The molecule has 1 aliphatic rings. The fourth-order valence-corrected chi connectivity index (χ4v) is 5.24. The number of aliphatic hydroxyl groups excluding tert-OH is 1. The van der Waals surface area contributed by atoms with Crippen LogP contribution in [-0.2, 0) is 0 Å². The van der Waals surface area contributed by atoms with E-state index in [4.69, 9.17) is 14.4 Å². The molecule has 1 atom stereocenters. The van der Waals surface area contributed by atoms with Crippen LogP contribution in [0.4, 0.5) is 11.6 Å². The van der Waals surface area contributed by atoms with Gasteiger partial charge in [0.25, 0.3) is 0 Å². The summed E-state index contributed by atoms with van der Waals surface area (Å²) in [5.74, 6) is 2.47. The molecule has 2 aromatic carbocycles. The number of aromatic nitrogens is 3. The lowest BCUT2D eigenvalue weighted by Gasteiger charge is -2.30. The van der Waals surface area contributed by atoms with Gasteiger partial charge in [-0.3, -0.25) is 0 Å². The number of nitrogens with zero attached hydrogens (tertiary/aromatic N) is 4. The van der Waals surface area contributed by atoms with Gasteiger partial charge in [0.15, 0.2) is 0 Å². The van der Waals surface area contributed by atoms with E-state index in [9.17, 15) is 5.11 Å².